The van der Waals surface area contributed by atoms with E-state index in [0.29, 0.717) is 18.2 Å². The Labute approximate surface area is 182 Å². The van der Waals surface area contributed by atoms with E-state index in [1.807, 2.05) is 53.2 Å². The summed E-state index contributed by atoms with van der Waals surface area (Å²) in [6.45, 7) is 8.17. The first-order valence-electron chi connectivity index (χ1n) is 10.4. The van der Waals surface area contributed by atoms with E-state index < -0.39 is 8.07 Å². The second-order valence-electron chi connectivity index (χ2n) is 8.72. The highest BCUT2D eigenvalue weighted by molar-refractivity contribution is 6.76. The lowest BCUT2D eigenvalue weighted by Gasteiger charge is -2.16. The highest BCUT2D eigenvalue weighted by Gasteiger charge is 2.13. The monoisotopic (exact) mass is 436 g/mol. The van der Waals surface area contributed by atoms with Crippen LogP contribution in [0.3, 0.4) is 0 Å². The van der Waals surface area contributed by atoms with Crippen molar-refractivity contribution in [2.45, 2.75) is 39.0 Å². The summed E-state index contributed by atoms with van der Waals surface area (Å²) in [7, 11) is -1.10. The number of pyridine rings is 1. The fourth-order valence-corrected chi connectivity index (χ4v) is 3.96. The van der Waals surface area contributed by atoms with Gasteiger partial charge in [-0.15, -0.1) is 0 Å². The van der Waals surface area contributed by atoms with Crippen LogP contribution in [-0.4, -0.2) is 39.2 Å². The van der Waals surface area contributed by atoms with Gasteiger partial charge < -0.3 is 14.6 Å². The number of aliphatic hydroxyl groups excluding tert-OH is 1. The van der Waals surface area contributed by atoms with Gasteiger partial charge >= 0.3 is 0 Å². The molecule has 0 spiro atoms. The summed E-state index contributed by atoms with van der Waals surface area (Å²) in [6, 6.07) is 16.7. The van der Waals surface area contributed by atoms with Gasteiger partial charge in [0, 0.05) is 26.4 Å². The summed E-state index contributed by atoms with van der Waals surface area (Å²) >= 11 is 0. The van der Waals surface area contributed by atoms with E-state index in [1.54, 1.807) is 16.9 Å². The van der Waals surface area contributed by atoms with Crippen LogP contribution < -0.4 is 4.74 Å². The second kappa shape index (κ2) is 9.05. The summed E-state index contributed by atoms with van der Waals surface area (Å²) in [5.74, 6) is 1.41. The lowest BCUT2D eigenvalue weighted by molar-refractivity contribution is 0.0798. The molecule has 7 nitrogen and oxygen atoms in total. The van der Waals surface area contributed by atoms with Gasteiger partial charge in [0.2, 0.25) is 0 Å². The number of benzene rings is 1. The highest BCUT2D eigenvalue weighted by Crippen LogP contribution is 2.26. The van der Waals surface area contributed by atoms with E-state index >= 15 is 0 Å². The molecule has 3 aromatic heterocycles. The molecule has 0 aliphatic carbocycles. The molecule has 0 bridgehead atoms. The molecule has 0 radical (unpaired) electrons. The molecule has 0 fully saturated rings. The Morgan fingerprint density at radius 3 is 2.52 bits per heavy atom. The van der Waals surface area contributed by atoms with Crippen LogP contribution in [0.5, 0.6) is 11.5 Å². The molecular formula is C23H28N4O3Si. The van der Waals surface area contributed by atoms with E-state index in [1.165, 1.54) is 0 Å². The van der Waals surface area contributed by atoms with E-state index in [2.05, 4.69) is 29.8 Å². The molecule has 162 valence electrons. The number of rotatable bonds is 9. The number of ether oxygens (including phenoxy) is 2. The van der Waals surface area contributed by atoms with Crippen LogP contribution in [0.4, 0.5) is 0 Å². The van der Waals surface area contributed by atoms with Crippen molar-refractivity contribution in [3.05, 3.63) is 66.6 Å². The molecular weight excluding hydrogens is 408 g/mol. The molecule has 0 aliphatic heterocycles. The summed E-state index contributed by atoms with van der Waals surface area (Å²) in [5.41, 5.74) is 3.59. The number of nitrogens with zero attached hydrogens (tertiary/aromatic N) is 4. The molecule has 1 aromatic carbocycles. The van der Waals surface area contributed by atoms with Crippen LogP contribution in [0, 0.1) is 0 Å². The molecule has 0 unspecified atom stereocenters. The van der Waals surface area contributed by atoms with Crippen molar-refractivity contribution >= 4 is 13.6 Å². The molecule has 8 heteroatoms. The molecule has 4 aromatic rings. The first-order valence-corrected chi connectivity index (χ1v) is 14.1. The minimum Gasteiger partial charge on any atom is -0.456 e. The highest BCUT2D eigenvalue weighted by atomic mass is 28.3. The number of hydrogen-bond donors (Lipinski definition) is 1. The van der Waals surface area contributed by atoms with Gasteiger partial charge in [-0.3, -0.25) is 0 Å². The van der Waals surface area contributed by atoms with E-state index in [9.17, 15) is 5.11 Å². The Hall–Kier alpha value is -2.94. The van der Waals surface area contributed by atoms with Gasteiger partial charge in [-0.2, -0.15) is 10.2 Å². The standard InChI is InChI=1S/C23H28N4O3Si/c1-31(2,3)13-12-29-17-27-23(10-11-24-27)18-4-7-21(8-5-18)30-22-9-6-20-14-19(16-28)25-26(20)15-22/h4-11,14-15,28H,12-13,16-17H2,1-3H3. The van der Waals surface area contributed by atoms with Crippen LogP contribution in [0.2, 0.25) is 25.7 Å². The molecule has 1 N–H and O–H groups in total. The van der Waals surface area contributed by atoms with Crippen molar-refractivity contribution in [1.82, 2.24) is 19.4 Å². The predicted octanol–water partition coefficient (Wildman–Crippen LogP) is 4.79. The van der Waals surface area contributed by atoms with Gasteiger partial charge in [-0.25, -0.2) is 9.20 Å². The Morgan fingerprint density at radius 1 is 1.00 bits per heavy atom. The van der Waals surface area contributed by atoms with Gasteiger partial charge in [0.1, 0.15) is 18.2 Å². The smallest absolute Gasteiger partial charge is 0.145 e. The van der Waals surface area contributed by atoms with Crippen LogP contribution in [0.1, 0.15) is 5.69 Å². The van der Waals surface area contributed by atoms with E-state index in [4.69, 9.17) is 9.47 Å². The zero-order valence-corrected chi connectivity index (χ0v) is 19.2. The Kier molecular flexibility index (Phi) is 6.22. The summed E-state index contributed by atoms with van der Waals surface area (Å²) in [6.07, 6.45) is 3.59. The third-order valence-corrected chi connectivity index (χ3v) is 6.66. The molecule has 0 saturated heterocycles. The summed E-state index contributed by atoms with van der Waals surface area (Å²) < 4.78 is 15.4. The number of fused-ring (bicyclic) bond motifs is 1. The maximum atomic E-state index is 9.24. The SMILES string of the molecule is C[Si](C)(C)CCOCn1nccc1-c1ccc(Oc2ccc3cc(CO)nn3c2)cc1. The summed E-state index contributed by atoms with van der Waals surface area (Å²) in [5, 5.41) is 17.9. The molecule has 0 saturated carbocycles. The maximum absolute atomic E-state index is 9.24. The first-order chi connectivity index (χ1) is 14.9. The minimum atomic E-state index is -1.10. The van der Waals surface area contributed by atoms with Crippen molar-refractivity contribution in [1.29, 1.82) is 0 Å². The fraction of sp³-hybridized carbons (Fsp3) is 0.304. The Bertz CT molecular complexity index is 1150. The van der Waals surface area contributed by atoms with Gasteiger partial charge in [-0.1, -0.05) is 19.6 Å². The van der Waals surface area contributed by atoms with Crippen molar-refractivity contribution in [3.8, 4) is 22.8 Å². The van der Waals surface area contributed by atoms with Crippen molar-refractivity contribution in [2.75, 3.05) is 6.61 Å². The third-order valence-electron chi connectivity index (χ3n) is 4.96. The number of hydrogen-bond acceptors (Lipinski definition) is 5. The quantitative estimate of drug-likeness (QED) is 0.301. The number of aliphatic hydroxyl groups is 1. The lowest BCUT2D eigenvalue weighted by atomic mass is 10.1. The Balaban J connectivity index is 1.41. The van der Waals surface area contributed by atoms with Gasteiger partial charge in [0.25, 0.3) is 0 Å². The van der Waals surface area contributed by atoms with Crippen molar-refractivity contribution < 1.29 is 14.6 Å². The molecule has 3 heterocycles. The average Bonchev–Trinajstić information content (AvgIpc) is 3.37. The Morgan fingerprint density at radius 2 is 1.77 bits per heavy atom. The predicted molar refractivity (Wildman–Crippen MR) is 123 cm³/mol. The minimum absolute atomic E-state index is 0.0841. The van der Waals surface area contributed by atoms with Crippen LogP contribution in [0.25, 0.3) is 16.8 Å². The molecule has 0 aliphatic rings. The average molecular weight is 437 g/mol. The largest absolute Gasteiger partial charge is 0.456 e. The third kappa shape index (κ3) is 5.41. The van der Waals surface area contributed by atoms with Gasteiger partial charge in [0.05, 0.1) is 29.7 Å². The van der Waals surface area contributed by atoms with E-state index in [0.717, 1.165) is 35.2 Å². The second-order valence-corrected chi connectivity index (χ2v) is 14.3. The molecule has 0 atom stereocenters. The molecule has 0 amide bonds. The van der Waals surface area contributed by atoms with Crippen molar-refractivity contribution in [3.63, 3.8) is 0 Å². The topological polar surface area (TPSA) is 73.8 Å². The fourth-order valence-electron chi connectivity index (χ4n) is 3.20. The zero-order valence-electron chi connectivity index (χ0n) is 18.2. The van der Waals surface area contributed by atoms with Crippen LogP contribution >= 0.6 is 0 Å². The maximum Gasteiger partial charge on any atom is 0.145 e. The first kappa shape index (κ1) is 21.3. The lowest BCUT2D eigenvalue weighted by Crippen LogP contribution is -2.22. The van der Waals surface area contributed by atoms with Gasteiger partial charge in [-0.05, 0) is 54.6 Å². The molecule has 31 heavy (non-hydrogen) atoms. The van der Waals surface area contributed by atoms with E-state index in [-0.39, 0.29) is 6.61 Å². The zero-order chi connectivity index (χ0) is 21.8. The van der Waals surface area contributed by atoms with Crippen LogP contribution in [-0.2, 0) is 18.1 Å². The van der Waals surface area contributed by atoms with Crippen LogP contribution in [0.15, 0.2) is 60.9 Å². The van der Waals surface area contributed by atoms with Gasteiger partial charge in [0.15, 0.2) is 0 Å². The summed E-state index contributed by atoms with van der Waals surface area (Å²) in [4.78, 5) is 0. The number of aromatic nitrogens is 4. The normalized spacial score (nSPS) is 11.9. The van der Waals surface area contributed by atoms with Crippen molar-refractivity contribution in [2.24, 2.45) is 0 Å². The molecule has 4 rings (SSSR count).